The summed E-state index contributed by atoms with van der Waals surface area (Å²) in [6.45, 7) is 0.724. The Labute approximate surface area is 95.6 Å². The van der Waals surface area contributed by atoms with E-state index in [1.54, 1.807) is 0 Å². The number of carbonyl (C=O) groups excluding carboxylic acids is 1. The minimum absolute atomic E-state index is 0.178. The zero-order chi connectivity index (χ0) is 11.1. The van der Waals surface area contributed by atoms with E-state index < -0.39 is 0 Å². The summed E-state index contributed by atoms with van der Waals surface area (Å²) >= 11 is 0. The molecule has 3 rings (SSSR count). The highest BCUT2D eigenvalue weighted by Gasteiger charge is 2.45. The van der Waals surface area contributed by atoms with Gasteiger partial charge in [0.2, 0.25) is 0 Å². The highest BCUT2D eigenvalue weighted by molar-refractivity contribution is 5.82. The number of aliphatic hydroxyl groups is 1. The molecule has 3 saturated heterocycles. The topological polar surface area (TPSA) is 49.8 Å². The SMILES string of the molecule is O=C([C@H]1CCCO1)N1C2CCC1CC(O)C2. The molecule has 0 aromatic carbocycles. The Balaban J connectivity index is 1.72. The molecular formula is C12H19NO3. The van der Waals surface area contributed by atoms with E-state index in [9.17, 15) is 9.90 Å². The highest BCUT2D eigenvalue weighted by atomic mass is 16.5. The van der Waals surface area contributed by atoms with E-state index in [-0.39, 0.29) is 30.2 Å². The van der Waals surface area contributed by atoms with Crippen LogP contribution in [0.25, 0.3) is 0 Å². The summed E-state index contributed by atoms with van der Waals surface area (Å²) in [6, 6.07) is 0.538. The molecule has 0 aliphatic carbocycles. The van der Waals surface area contributed by atoms with Crippen molar-refractivity contribution in [2.24, 2.45) is 0 Å². The lowest BCUT2D eigenvalue weighted by molar-refractivity contribution is -0.147. The van der Waals surface area contributed by atoms with Crippen molar-refractivity contribution in [3.63, 3.8) is 0 Å². The molecule has 1 N–H and O–H groups in total. The second-order valence-corrected chi connectivity index (χ2v) is 5.26. The van der Waals surface area contributed by atoms with Crippen LogP contribution in [0, 0.1) is 0 Å². The number of rotatable bonds is 1. The van der Waals surface area contributed by atoms with Crippen LogP contribution in [0.1, 0.15) is 38.5 Å². The van der Waals surface area contributed by atoms with Crippen molar-refractivity contribution in [3.8, 4) is 0 Å². The van der Waals surface area contributed by atoms with Gasteiger partial charge in [0.25, 0.3) is 5.91 Å². The van der Waals surface area contributed by atoms with Crippen molar-refractivity contribution < 1.29 is 14.6 Å². The van der Waals surface area contributed by atoms with Crippen LogP contribution in [0.3, 0.4) is 0 Å². The number of nitrogens with zero attached hydrogens (tertiary/aromatic N) is 1. The van der Waals surface area contributed by atoms with Crippen molar-refractivity contribution in [1.82, 2.24) is 4.90 Å². The van der Waals surface area contributed by atoms with Gasteiger partial charge in [-0.1, -0.05) is 0 Å². The van der Waals surface area contributed by atoms with E-state index in [0.29, 0.717) is 0 Å². The number of hydrogen-bond donors (Lipinski definition) is 1. The predicted octanol–water partition coefficient (Wildman–Crippen LogP) is 0.680. The Bertz CT molecular complexity index is 274. The second kappa shape index (κ2) is 4.00. The molecule has 3 aliphatic heterocycles. The molecule has 4 heteroatoms. The Morgan fingerprint density at radius 2 is 1.88 bits per heavy atom. The van der Waals surface area contributed by atoms with E-state index in [1.807, 2.05) is 4.90 Å². The van der Waals surface area contributed by atoms with Crippen LogP contribution in [0.5, 0.6) is 0 Å². The molecule has 3 heterocycles. The standard InChI is InChI=1S/C12H19NO3/c14-10-6-8-3-4-9(7-10)13(8)12(15)11-2-1-5-16-11/h8-11,14H,1-7H2/t8?,9?,10?,11-/m1/s1. The van der Waals surface area contributed by atoms with Crippen LogP contribution < -0.4 is 0 Å². The van der Waals surface area contributed by atoms with Gasteiger partial charge in [-0.15, -0.1) is 0 Å². The quantitative estimate of drug-likeness (QED) is 0.714. The number of fused-ring (bicyclic) bond motifs is 2. The third kappa shape index (κ3) is 1.64. The van der Waals surface area contributed by atoms with Gasteiger partial charge in [-0.3, -0.25) is 4.79 Å². The van der Waals surface area contributed by atoms with Crippen LogP contribution in [-0.4, -0.2) is 46.8 Å². The van der Waals surface area contributed by atoms with Crippen molar-refractivity contribution in [3.05, 3.63) is 0 Å². The molecule has 3 fully saturated rings. The van der Waals surface area contributed by atoms with Crippen LogP contribution in [0.2, 0.25) is 0 Å². The molecule has 2 unspecified atom stereocenters. The first-order valence-electron chi connectivity index (χ1n) is 6.37. The molecule has 1 amide bonds. The molecule has 0 radical (unpaired) electrons. The monoisotopic (exact) mass is 225 g/mol. The Morgan fingerprint density at radius 3 is 2.44 bits per heavy atom. The van der Waals surface area contributed by atoms with Crippen molar-refractivity contribution >= 4 is 5.91 Å². The summed E-state index contributed by atoms with van der Waals surface area (Å²) in [7, 11) is 0. The third-order valence-electron chi connectivity index (χ3n) is 4.17. The van der Waals surface area contributed by atoms with E-state index in [0.717, 1.165) is 45.1 Å². The maximum atomic E-state index is 12.3. The average molecular weight is 225 g/mol. The van der Waals surface area contributed by atoms with Gasteiger partial charge >= 0.3 is 0 Å². The smallest absolute Gasteiger partial charge is 0.252 e. The number of ether oxygens (including phenoxy) is 1. The van der Waals surface area contributed by atoms with Gasteiger partial charge in [0, 0.05) is 18.7 Å². The Hall–Kier alpha value is -0.610. The number of piperidine rings is 1. The van der Waals surface area contributed by atoms with Crippen LogP contribution >= 0.6 is 0 Å². The predicted molar refractivity (Wildman–Crippen MR) is 57.9 cm³/mol. The van der Waals surface area contributed by atoms with Gasteiger partial charge in [-0.05, 0) is 38.5 Å². The molecule has 0 saturated carbocycles. The maximum absolute atomic E-state index is 12.3. The van der Waals surface area contributed by atoms with Gasteiger partial charge in [-0.2, -0.15) is 0 Å². The lowest BCUT2D eigenvalue weighted by atomic mass is 9.99. The molecule has 16 heavy (non-hydrogen) atoms. The fraction of sp³-hybridized carbons (Fsp3) is 0.917. The zero-order valence-electron chi connectivity index (χ0n) is 9.47. The summed E-state index contributed by atoms with van der Waals surface area (Å²) < 4.78 is 5.47. The first-order chi connectivity index (χ1) is 7.75. The number of aliphatic hydroxyl groups excluding tert-OH is 1. The molecule has 3 aliphatic rings. The van der Waals surface area contributed by atoms with Gasteiger partial charge in [0.05, 0.1) is 6.10 Å². The summed E-state index contributed by atoms with van der Waals surface area (Å²) in [5.74, 6) is 0.178. The van der Waals surface area contributed by atoms with Crippen LogP contribution in [0.15, 0.2) is 0 Å². The van der Waals surface area contributed by atoms with Crippen molar-refractivity contribution in [2.45, 2.75) is 62.8 Å². The van der Waals surface area contributed by atoms with Gasteiger partial charge in [0.1, 0.15) is 6.10 Å². The molecule has 0 aromatic rings. The van der Waals surface area contributed by atoms with Crippen LogP contribution in [0.4, 0.5) is 0 Å². The summed E-state index contributed by atoms with van der Waals surface area (Å²) in [5.41, 5.74) is 0. The van der Waals surface area contributed by atoms with E-state index in [2.05, 4.69) is 0 Å². The highest BCUT2D eigenvalue weighted by Crippen LogP contribution is 2.37. The number of hydrogen-bond acceptors (Lipinski definition) is 3. The summed E-state index contributed by atoms with van der Waals surface area (Å²) in [6.07, 6.45) is 5.11. The fourth-order valence-corrected chi connectivity index (χ4v) is 3.45. The zero-order valence-corrected chi connectivity index (χ0v) is 9.47. The van der Waals surface area contributed by atoms with E-state index in [1.165, 1.54) is 0 Å². The van der Waals surface area contributed by atoms with Gasteiger partial charge < -0.3 is 14.7 Å². The summed E-state index contributed by atoms with van der Waals surface area (Å²) in [5, 5.41) is 9.69. The normalized spacial score (nSPS) is 42.7. The number of amides is 1. The van der Waals surface area contributed by atoms with Gasteiger partial charge in [-0.25, -0.2) is 0 Å². The molecular weight excluding hydrogens is 206 g/mol. The first-order valence-corrected chi connectivity index (χ1v) is 6.37. The lowest BCUT2D eigenvalue weighted by Crippen LogP contribution is -2.51. The minimum atomic E-state index is -0.203. The minimum Gasteiger partial charge on any atom is -0.393 e. The molecule has 2 bridgehead atoms. The largest absolute Gasteiger partial charge is 0.393 e. The van der Waals surface area contributed by atoms with E-state index in [4.69, 9.17) is 4.74 Å². The molecule has 90 valence electrons. The molecule has 0 aromatic heterocycles. The molecule has 0 spiro atoms. The Kier molecular flexibility index (Phi) is 2.64. The summed E-state index contributed by atoms with van der Waals surface area (Å²) in [4.78, 5) is 14.3. The third-order valence-corrected chi connectivity index (χ3v) is 4.17. The van der Waals surface area contributed by atoms with Crippen LogP contribution in [-0.2, 0) is 9.53 Å². The average Bonchev–Trinajstić information content (AvgIpc) is 2.85. The van der Waals surface area contributed by atoms with Gasteiger partial charge in [0.15, 0.2) is 0 Å². The number of carbonyl (C=O) groups is 1. The van der Waals surface area contributed by atoms with Crippen molar-refractivity contribution in [2.75, 3.05) is 6.61 Å². The molecule has 3 atom stereocenters. The Morgan fingerprint density at radius 1 is 1.19 bits per heavy atom. The lowest BCUT2D eigenvalue weighted by Gasteiger charge is -2.38. The molecule has 4 nitrogen and oxygen atoms in total. The first kappa shape index (κ1) is 10.5. The fourth-order valence-electron chi connectivity index (χ4n) is 3.45. The second-order valence-electron chi connectivity index (χ2n) is 5.26. The maximum Gasteiger partial charge on any atom is 0.252 e. The van der Waals surface area contributed by atoms with Crippen molar-refractivity contribution in [1.29, 1.82) is 0 Å². The van der Waals surface area contributed by atoms with E-state index >= 15 is 0 Å².